The van der Waals surface area contributed by atoms with Gasteiger partial charge in [0.15, 0.2) is 0 Å². The number of benzene rings is 1. The van der Waals surface area contributed by atoms with E-state index in [0.29, 0.717) is 24.7 Å². The first-order valence-corrected chi connectivity index (χ1v) is 6.94. The molecule has 6 heteroatoms. The number of ether oxygens (including phenoxy) is 1. The molecule has 0 saturated heterocycles. The first kappa shape index (κ1) is 15.9. The van der Waals surface area contributed by atoms with Gasteiger partial charge in [0.25, 0.3) is 0 Å². The molecule has 1 heterocycles. The summed E-state index contributed by atoms with van der Waals surface area (Å²) >= 11 is 0. The van der Waals surface area contributed by atoms with Crippen LogP contribution in [0.5, 0.6) is 11.6 Å². The van der Waals surface area contributed by atoms with Gasteiger partial charge in [-0.2, -0.15) is 0 Å². The van der Waals surface area contributed by atoms with Crippen molar-refractivity contribution in [3.05, 3.63) is 54.0 Å². The largest absolute Gasteiger partial charge is 0.439 e. The lowest BCUT2D eigenvalue weighted by atomic mass is 10.1. The van der Waals surface area contributed by atoms with Gasteiger partial charge < -0.3 is 15.8 Å². The maximum absolute atomic E-state index is 13.1. The van der Waals surface area contributed by atoms with E-state index in [9.17, 15) is 9.18 Å². The average molecular weight is 303 g/mol. The maximum atomic E-state index is 13.1. The maximum Gasteiger partial charge on any atom is 0.224 e. The standard InChI is InChI=1S/C16H18FN3O2/c1-11(8-18)16(21)20-10-12-5-6-15(19-9-12)22-14-4-2-3-13(17)7-14/h2-7,9,11H,8,10,18H2,1H3,(H,20,21). The van der Waals surface area contributed by atoms with Gasteiger partial charge in [-0.25, -0.2) is 9.37 Å². The highest BCUT2D eigenvalue weighted by molar-refractivity contribution is 5.78. The van der Waals surface area contributed by atoms with Crippen molar-refractivity contribution < 1.29 is 13.9 Å². The highest BCUT2D eigenvalue weighted by atomic mass is 19.1. The molecule has 1 amide bonds. The Labute approximate surface area is 128 Å². The summed E-state index contributed by atoms with van der Waals surface area (Å²) in [7, 11) is 0. The monoisotopic (exact) mass is 303 g/mol. The van der Waals surface area contributed by atoms with Crippen molar-refractivity contribution in [2.45, 2.75) is 13.5 Å². The second kappa shape index (κ2) is 7.51. The number of hydrogen-bond acceptors (Lipinski definition) is 4. The smallest absolute Gasteiger partial charge is 0.224 e. The first-order chi connectivity index (χ1) is 10.6. The number of carbonyl (C=O) groups excluding carboxylic acids is 1. The number of nitrogens with zero attached hydrogens (tertiary/aromatic N) is 1. The molecule has 22 heavy (non-hydrogen) atoms. The molecule has 2 aromatic rings. The van der Waals surface area contributed by atoms with Crippen LogP contribution in [0, 0.1) is 11.7 Å². The predicted octanol–water partition coefficient (Wildman–Crippen LogP) is 2.22. The molecule has 1 aromatic heterocycles. The van der Waals surface area contributed by atoms with Gasteiger partial charge in [-0.15, -0.1) is 0 Å². The lowest BCUT2D eigenvalue weighted by molar-refractivity contribution is -0.124. The molecule has 5 nitrogen and oxygen atoms in total. The minimum Gasteiger partial charge on any atom is -0.439 e. The lowest BCUT2D eigenvalue weighted by Gasteiger charge is -2.10. The van der Waals surface area contributed by atoms with Gasteiger partial charge in [0.05, 0.1) is 0 Å². The van der Waals surface area contributed by atoms with Crippen molar-refractivity contribution in [1.82, 2.24) is 10.3 Å². The molecule has 116 valence electrons. The molecule has 1 unspecified atom stereocenters. The van der Waals surface area contributed by atoms with Gasteiger partial charge in [-0.05, 0) is 17.7 Å². The predicted molar refractivity (Wildman–Crippen MR) is 80.8 cm³/mol. The second-order valence-electron chi connectivity index (χ2n) is 4.92. The van der Waals surface area contributed by atoms with Crippen molar-refractivity contribution in [3.8, 4) is 11.6 Å². The molecule has 3 N–H and O–H groups in total. The van der Waals surface area contributed by atoms with Gasteiger partial charge in [0, 0.05) is 37.3 Å². The SMILES string of the molecule is CC(CN)C(=O)NCc1ccc(Oc2cccc(F)c2)nc1. The van der Waals surface area contributed by atoms with Crippen LogP contribution in [0.3, 0.4) is 0 Å². The highest BCUT2D eigenvalue weighted by Crippen LogP contribution is 2.19. The van der Waals surface area contributed by atoms with Gasteiger partial charge in [0.1, 0.15) is 11.6 Å². The number of nitrogens with one attached hydrogen (secondary N) is 1. The van der Waals surface area contributed by atoms with Gasteiger partial charge in [-0.1, -0.05) is 19.1 Å². The number of nitrogens with two attached hydrogens (primary N) is 1. The Morgan fingerprint density at radius 2 is 2.23 bits per heavy atom. The van der Waals surface area contributed by atoms with Crippen LogP contribution in [0.2, 0.25) is 0 Å². The molecule has 1 aromatic carbocycles. The number of pyridine rings is 1. The summed E-state index contributed by atoms with van der Waals surface area (Å²) < 4.78 is 18.5. The number of rotatable bonds is 6. The number of carbonyl (C=O) groups is 1. The molecule has 1 atom stereocenters. The zero-order valence-corrected chi connectivity index (χ0v) is 12.3. The Morgan fingerprint density at radius 3 is 2.86 bits per heavy atom. The molecule has 0 radical (unpaired) electrons. The molecule has 0 spiro atoms. The summed E-state index contributed by atoms with van der Waals surface area (Å²) in [4.78, 5) is 15.7. The molecule has 2 rings (SSSR count). The Bertz CT molecular complexity index is 632. The van der Waals surface area contributed by atoms with Crippen molar-refractivity contribution in [1.29, 1.82) is 0 Å². The Kier molecular flexibility index (Phi) is 5.43. The minimum atomic E-state index is -0.370. The van der Waals surface area contributed by atoms with Crippen LogP contribution < -0.4 is 15.8 Å². The summed E-state index contributed by atoms with van der Waals surface area (Å²) in [5, 5.41) is 2.78. The molecule has 0 aliphatic heterocycles. The normalized spacial score (nSPS) is 11.8. The summed E-state index contributed by atoms with van der Waals surface area (Å²) in [5.74, 6) is 0.0540. The summed E-state index contributed by atoms with van der Waals surface area (Å²) in [5.41, 5.74) is 6.27. The Hall–Kier alpha value is -2.47. The molecule has 0 fully saturated rings. The number of amides is 1. The van der Waals surface area contributed by atoms with Crippen LogP contribution in [0.25, 0.3) is 0 Å². The second-order valence-corrected chi connectivity index (χ2v) is 4.92. The van der Waals surface area contributed by atoms with Crippen molar-refractivity contribution in [2.75, 3.05) is 6.54 Å². The van der Waals surface area contributed by atoms with Gasteiger partial charge >= 0.3 is 0 Å². The van der Waals surface area contributed by atoms with Gasteiger partial charge in [-0.3, -0.25) is 4.79 Å². The summed E-state index contributed by atoms with van der Waals surface area (Å²) in [6.07, 6.45) is 1.60. The molecule has 0 aliphatic carbocycles. The number of aromatic nitrogens is 1. The topological polar surface area (TPSA) is 77.2 Å². The average Bonchev–Trinajstić information content (AvgIpc) is 2.53. The quantitative estimate of drug-likeness (QED) is 0.858. The van der Waals surface area contributed by atoms with E-state index in [1.807, 2.05) is 0 Å². The van der Waals surface area contributed by atoms with Crippen LogP contribution >= 0.6 is 0 Å². The highest BCUT2D eigenvalue weighted by Gasteiger charge is 2.10. The van der Waals surface area contributed by atoms with E-state index in [0.717, 1.165) is 5.56 Å². The molecule has 0 aliphatic rings. The van der Waals surface area contributed by atoms with Crippen LogP contribution in [0.4, 0.5) is 4.39 Å². The van der Waals surface area contributed by atoms with Crippen LogP contribution in [-0.2, 0) is 11.3 Å². The van der Waals surface area contributed by atoms with Gasteiger partial charge in [0.2, 0.25) is 11.8 Å². The fourth-order valence-electron chi connectivity index (χ4n) is 1.70. The van der Waals surface area contributed by atoms with E-state index in [4.69, 9.17) is 10.5 Å². The van der Waals surface area contributed by atoms with Crippen molar-refractivity contribution >= 4 is 5.91 Å². The third-order valence-electron chi connectivity index (χ3n) is 3.08. The third-order valence-corrected chi connectivity index (χ3v) is 3.08. The van der Waals surface area contributed by atoms with E-state index in [1.165, 1.54) is 12.1 Å². The Morgan fingerprint density at radius 1 is 1.41 bits per heavy atom. The summed E-state index contributed by atoms with van der Waals surface area (Å²) in [6.45, 7) is 2.45. The third kappa shape index (κ3) is 4.53. The van der Waals surface area contributed by atoms with Crippen LogP contribution in [0.1, 0.15) is 12.5 Å². The van der Waals surface area contributed by atoms with E-state index in [1.54, 1.807) is 37.4 Å². The number of halogens is 1. The first-order valence-electron chi connectivity index (χ1n) is 6.94. The van der Waals surface area contributed by atoms with E-state index < -0.39 is 0 Å². The fraction of sp³-hybridized carbons (Fsp3) is 0.250. The minimum absolute atomic E-state index is 0.0948. The summed E-state index contributed by atoms with van der Waals surface area (Å²) in [6, 6.07) is 9.28. The zero-order chi connectivity index (χ0) is 15.9. The van der Waals surface area contributed by atoms with Crippen LogP contribution in [-0.4, -0.2) is 17.4 Å². The van der Waals surface area contributed by atoms with E-state index >= 15 is 0 Å². The van der Waals surface area contributed by atoms with E-state index in [-0.39, 0.29) is 17.6 Å². The molecular formula is C16H18FN3O2. The van der Waals surface area contributed by atoms with E-state index in [2.05, 4.69) is 10.3 Å². The zero-order valence-electron chi connectivity index (χ0n) is 12.3. The fourth-order valence-corrected chi connectivity index (χ4v) is 1.70. The molecule has 0 bridgehead atoms. The Balaban J connectivity index is 1.91. The lowest BCUT2D eigenvalue weighted by Crippen LogP contribution is -2.32. The molecule has 0 saturated carbocycles. The van der Waals surface area contributed by atoms with Crippen LogP contribution in [0.15, 0.2) is 42.6 Å². The van der Waals surface area contributed by atoms with Crippen molar-refractivity contribution in [3.63, 3.8) is 0 Å². The van der Waals surface area contributed by atoms with Crippen molar-refractivity contribution in [2.24, 2.45) is 11.7 Å². The molecular weight excluding hydrogens is 285 g/mol. The number of hydrogen-bond donors (Lipinski definition) is 2.